The average Bonchev–Trinajstić information content (AvgIpc) is 2.19. The third kappa shape index (κ3) is 3.32. The minimum atomic E-state index is 0.0790. The number of nitrogens with one attached hydrogen (secondary N) is 1. The Hall–Kier alpha value is -0.610. The molecule has 1 aliphatic heterocycles. The lowest BCUT2D eigenvalue weighted by Gasteiger charge is -2.22. The van der Waals surface area contributed by atoms with Gasteiger partial charge in [0.2, 0.25) is 5.91 Å². The smallest absolute Gasteiger partial charge is 0.223 e. The number of nitrogens with two attached hydrogens (primary N) is 1. The Bertz CT molecular complexity index is 167. The van der Waals surface area contributed by atoms with Gasteiger partial charge in [-0.15, -0.1) is 0 Å². The van der Waals surface area contributed by atoms with Crippen molar-refractivity contribution in [1.29, 1.82) is 0 Å². The molecular weight excluding hydrogens is 168 g/mol. The fraction of sp³-hybridized carbons (Fsp3) is 0.889. The molecule has 1 aliphatic rings. The standard InChI is InChI=1S/C9H18N2O2/c1-7(6-10)11-9(12)8-2-4-13-5-3-8/h7-8H,2-6,10H2,1H3,(H,11,12)/t7-/m0/s1. The van der Waals surface area contributed by atoms with Crippen molar-refractivity contribution < 1.29 is 9.53 Å². The second-order valence-electron chi connectivity index (χ2n) is 3.53. The Kier molecular flexibility index (Phi) is 4.18. The molecule has 4 heteroatoms. The van der Waals surface area contributed by atoms with Crippen molar-refractivity contribution in [3.8, 4) is 0 Å². The lowest BCUT2D eigenvalue weighted by molar-refractivity contribution is -0.128. The normalized spacial score (nSPS) is 21.1. The number of carbonyl (C=O) groups is 1. The van der Waals surface area contributed by atoms with Crippen molar-refractivity contribution in [2.75, 3.05) is 19.8 Å². The molecule has 0 aromatic rings. The molecule has 0 aromatic carbocycles. The van der Waals surface area contributed by atoms with E-state index < -0.39 is 0 Å². The van der Waals surface area contributed by atoms with Crippen LogP contribution in [0.1, 0.15) is 19.8 Å². The minimum absolute atomic E-state index is 0.0790. The summed E-state index contributed by atoms with van der Waals surface area (Å²) in [5.41, 5.74) is 5.41. The highest BCUT2D eigenvalue weighted by Crippen LogP contribution is 2.14. The van der Waals surface area contributed by atoms with Gasteiger partial charge in [-0.3, -0.25) is 4.79 Å². The largest absolute Gasteiger partial charge is 0.381 e. The Morgan fingerprint density at radius 2 is 2.23 bits per heavy atom. The SMILES string of the molecule is C[C@@H](CN)NC(=O)C1CCOCC1. The summed E-state index contributed by atoms with van der Waals surface area (Å²) in [4.78, 5) is 11.5. The van der Waals surface area contributed by atoms with Crippen molar-refractivity contribution in [2.24, 2.45) is 11.7 Å². The number of ether oxygens (including phenoxy) is 1. The van der Waals surface area contributed by atoms with Gasteiger partial charge in [0.25, 0.3) is 0 Å². The van der Waals surface area contributed by atoms with Gasteiger partial charge in [0.1, 0.15) is 0 Å². The second-order valence-corrected chi connectivity index (χ2v) is 3.53. The number of rotatable bonds is 3. The quantitative estimate of drug-likeness (QED) is 0.645. The highest BCUT2D eigenvalue weighted by molar-refractivity contribution is 5.78. The van der Waals surface area contributed by atoms with Crippen molar-refractivity contribution in [3.63, 3.8) is 0 Å². The van der Waals surface area contributed by atoms with Crippen LogP contribution in [0.3, 0.4) is 0 Å². The predicted molar refractivity (Wildman–Crippen MR) is 50.2 cm³/mol. The van der Waals surface area contributed by atoms with Crippen LogP contribution in [-0.4, -0.2) is 31.7 Å². The third-order valence-electron chi connectivity index (χ3n) is 2.33. The van der Waals surface area contributed by atoms with Crippen LogP contribution in [0, 0.1) is 5.92 Å². The minimum Gasteiger partial charge on any atom is -0.381 e. The van der Waals surface area contributed by atoms with Gasteiger partial charge in [0.15, 0.2) is 0 Å². The van der Waals surface area contributed by atoms with Crippen molar-refractivity contribution >= 4 is 5.91 Å². The summed E-state index contributed by atoms with van der Waals surface area (Å²) >= 11 is 0. The summed E-state index contributed by atoms with van der Waals surface area (Å²) in [6.45, 7) is 3.82. The van der Waals surface area contributed by atoms with Crippen LogP contribution in [0.15, 0.2) is 0 Å². The number of amides is 1. The fourth-order valence-corrected chi connectivity index (χ4v) is 1.38. The van der Waals surface area contributed by atoms with E-state index in [-0.39, 0.29) is 17.9 Å². The van der Waals surface area contributed by atoms with Gasteiger partial charge in [-0.05, 0) is 19.8 Å². The van der Waals surface area contributed by atoms with E-state index in [0.29, 0.717) is 19.8 Å². The molecular formula is C9H18N2O2. The second kappa shape index (κ2) is 5.19. The van der Waals surface area contributed by atoms with Crippen LogP contribution in [0.2, 0.25) is 0 Å². The molecule has 4 nitrogen and oxygen atoms in total. The highest BCUT2D eigenvalue weighted by Gasteiger charge is 2.21. The number of hydrogen-bond donors (Lipinski definition) is 2. The molecule has 1 fully saturated rings. The first-order valence-electron chi connectivity index (χ1n) is 4.82. The molecule has 1 rings (SSSR count). The molecule has 0 bridgehead atoms. The van der Waals surface area contributed by atoms with Crippen molar-refractivity contribution in [1.82, 2.24) is 5.32 Å². The first-order valence-corrected chi connectivity index (χ1v) is 4.82. The van der Waals surface area contributed by atoms with E-state index in [2.05, 4.69) is 5.32 Å². The van der Waals surface area contributed by atoms with Gasteiger partial charge in [-0.1, -0.05) is 0 Å². The van der Waals surface area contributed by atoms with Crippen LogP contribution in [0.25, 0.3) is 0 Å². The van der Waals surface area contributed by atoms with Gasteiger partial charge in [0, 0.05) is 31.7 Å². The summed E-state index contributed by atoms with van der Waals surface area (Å²) in [6.07, 6.45) is 1.67. The lowest BCUT2D eigenvalue weighted by Crippen LogP contribution is -2.42. The Morgan fingerprint density at radius 1 is 1.62 bits per heavy atom. The maximum atomic E-state index is 11.5. The summed E-state index contributed by atoms with van der Waals surface area (Å²) in [5.74, 6) is 0.254. The van der Waals surface area contributed by atoms with Gasteiger partial charge in [-0.2, -0.15) is 0 Å². The third-order valence-corrected chi connectivity index (χ3v) is 2.33. The zero-order chi connectivity index (χ0) is 9.68. The molecule has 0 spiro atoms. The van der Waals surface area contributed by atoms with Crippen LogP contribution < -0.4 is 11.1 Å². The van der Waals surface area contributed by atoms with Crippen LogP contribution >= 0.6 is 0 Å². The van der Waals surface area contributed by atoms with Crippen LogP contribution in [0.4, 0.5) is 0 Å². The van der Waals surface area contributed by atoms with E-state index in [0.717, 1.165) is 12.8 Å². The molecule has 1 amide bonds. The Balaban J connectivity index is 2.29. The summed E-state index contributed by atoms with van der Waals surface area (Å²) < 4.78 is 5.18. The van der Waals surface area contributed by atoms with Crippen LogP contribution in [-0.2, 0) is 9.53 Å². The summed E-state index contributed by atoms with van der Waals surface area (Å²) in [5, 5.41) is 2.88. The molecule has 0 radical (unpaired) electrons. The van der Waals surface area contributed by atoms with Gasteiger partial charge in [-0.25, -0.2) is 0 Å². The molecule has 76 valence electrons. The van der Waals surface area contributed by atoms with E-state index in [1.165, 1.54) is 0 Å². The monoisotopic (exact) mass is 186 g/mol. The molecule has 0 saturated carbocycles. The Morgan fingerprint density at radius 3 is 2.77 bits per heavy atom. The summed E-state index contributed by atoms with van der Waals surface area (Å²) in [7, 11) is 0. The molecule has 3 N–H and O–H groups in total. The van der Waals surface area contributed by atoms with E-state index in [9.17, 15) is 4.79 Å². The maximum absolute atomic E-state index is 11.5. The summed E-state index contributed by atoms with van der Waals surface area (Å²) in [6, 6.07) is 0.0790. The number of carbonyl (C=O) groups excluding carboxylic acids is 1. The molecule has 0 aliphatic carbocycles. The topological polar surface area (TPSA) is 64.3 Å². The maximum Gasteiger partial charge on any atom is 0.223 e. The predicted octanol–water partition coefficient (Wildman–Crippen LogP) is -0.124. The van der Waals surface area contributed by atoms with Crippen molar-refractivity contribution in [3.05, 3.63) is 0 Å². The van der Waals surface area contributed by atoms with Crippen molar-refractivity contribution in [2.45, 2.75) is 25.8 Å². The van der Waals surface area contributed by atoms with E-state index in [1.54, 1.807) is 0 Å². The van der Waals surface area contributed by atoms with Gasteiger partial charge >= 0.3 is 0 Å². The van der Waals surface area contributed by atoms with Gasteiger partial charge < -0.3 is 15.8 Å². The van der Waals surface area contributed by atoms with E-state index in [1.807, 2.05) is 6.92 Å². The van der Waals surface area contributed by atoms with E-state index in [4.69, 9.17) is 10.5 Å². The molecule has 0 aromatic heterocycles. The van der Waals surface area contributed by atoms with Gasteiger partial charge in [0.05, 0.1) is 0 Å². The zero-order valence-electron chi connectivity index (χ0n) is 8.08. The molecule has 0 unspecified atom stereocenters. The lowest BCUT2D eigenvalue weighted by atomic mass is 9.99. The highest BCUT2D eigenvalue weighted by atomic mass is 16.5. The number of hydrogen-bond acceptors (Lipinski definition) is 3. The molecule has 13 heavy (non-hydrogen) atoms. The van der Waals surface area contributed by atoms with E-state index >= 15 is 0 Å². The Labute approximate surface area is 78.8 Å². The average molecular weight is 186 g/mol. The molecule has 1 saturated heterocycles. The first-order chi connectivity index (χ1) is 6.24. The molecule has 1 heterocycles. The molecule has 1 atom stereocenters. The van der Waals surface area contributed by atoms with Crippen LogP contribution in [0.5, 0.6) is 0 Å². The zero-order valence-corrected chi connectivity index (χ0v) is 8.08. The first kappa shape index (κ1) is 10.5. The fourth-order valence-electron chi connectivity index (χ4n) is 1.38.